The van der Waals surface area contributed by atoms with Crippen LogP contribution >= 0.6 is 11.6 Å². The topological polar surface area (TPSA) is 54.5 Å². The van der Waals surface area contributed by atoms with Crippen LogP contribution in [0, 0.1) is 5.82 Å². The van der Waals surface area contributed by atoms with E-state index in [2.05, 4.69) is 10.3 Å². The van der Waals surface area contributed by atoms with Gasteiger partial charge in [0.05, 0.1) is 22.8 Å². The van der Waals surface area contributed by atoms with E-state index in [1.165, 1.54) is 12.1 Å². The number of ether oxygens (including phenoxy) is 1. The van der Waals surface area contributed by atoms with Gasteiger partial charge in [-0.1, -0.05) is 17.7 Å². The number of amides is 1. The van der Waals surface area contributed by atoms with Crippen LogP contribution in [0.1, 0.15) is 10.4 Å². The van der Waals surface area contributed by atoms with Crippen LogP contribution in [-0.2, 0) is 0 Å². The van der Waals surface area contributed by atoms with Crippen molar-refractivity contribution >= 4 is 17.5 Å². The normalized spacial score (nSPS) is 17.6. The van der Waals surface area contributed by atoms with Gasteiger partial charge >= 0.3 is 0 Å². The summed E-state index contributed by atoms with van der Waals surface area (Å²) in [6.07, 6.45) is 3.27. The van der Waals surface area contributed by atoms with E-state index in [9.17, 15) is 9.18 Å². The molecule has 1 unspecified atom stereocenters. The molecule has 1 fully saturated rings. The number of hydrogen-bond donors (Lipinski definition) is 1. The zero-order chi connectivity index (χ0) is 16.9. The number of carbonyl (C=O) groups is 1. The molecule has 1 saturated heterocycles. The Kier molecular flexibility index (Phi) is 5.27. The molecule has 5 nitrogen and oxygen atoms in total. The SMILES string of the molecule is O=C(c1cccc(Cl)c1F)N1CCNCC1COc1cccnc1. The lowest BCUT2D eigenvalue weighted by atomic mass is 10.1. The maximum Gasteiger partial charge on any atom is 0.257 e. The van der Waals surface area contributed by atoms with Gasteiger partial charge in [0.2, 0.25) is 0 Å². The number of piperazine rings is 1. The first-order valence-corrected chi connectivity index (χ1v) is 8.03. The van der Waals surface area contributed by atoms with Crippen LogP contribution in [0.2, 0.25) is 5.02 Å². The predicted octanol–water partition coefficient (Wildman–Crippen LogP) is 2.37. The van der Waals surface area contributed by atoms with Gasteiger partial charge in [0.1, 0.15) is 12.4 Å². The Morgan fingerprint density at radius 3 is 3.08 bits per heavy atom. The average molecular weight is 350 g/mol. The van der Waals surface area contributed by atoms with E-state index in [1.807, 2.05) is 0 Å². The molecular formula is C17H17ClFN3O2. The number of benzene rings is 1. The lowest BCUT2D eigenvalue weighted by Crippen LogP contribution is -2.56. The number of aromatic nitrogens is 1. The number of nitrogens with one attached hydrogen (secondary N) is 1. The fourth-order valence-corrected chi connectivity index (χ4v) is 2.80. The standard InChI is InChI=1S/C17H17ClFN3O2/c18-15-5-1-4-14(16(15)19)17(23)22-8-7-21-9-12(22)11-24-13-3-2-6-20-10-13/h1-6,10,12,21H,7-9,11H2. The summed E-state index contributed by atoms with van der Waals surface area (Å²) in [5.41, 5.74) is -0.0178. The molecular weight excluding hydrogens is 333 g/mol. The van der Waals surface area contributed by atoms with Crippen LogP contribution in [0.15, 0.2) is 42.7 Å². The van der Waals surface area contributed by atoms with Crippen molar-refractivity contribution in [3.8, 4) is 5.75 Å². The Labute approximate surface area is 144 Å². The first-order valence-electron chi connectivity index (χ1n) is 7.65. The number of pyridine rings is 1. The zero-order valence-electron chi connectivity index (χ0n) is 12.9. The van der Waals surface area contributed by atoms with E-state index in [0.29, 0.717) is 32.0 Å². The first kappa shape index (κ1) is 16.7. The Morgan fingerprint density at radius 2 is 2.29 bits per heavy atom. The number of halogens is 2. The highest BCUT2D eigenvalue weighted by Gasteiger charge is 2.29. The van der Waals surface area contributed by atoms with E-state index in [4.69, 9.17) is 16.3 Å². The third-order valence-corrected chi connectivity index (χ3v) is 4.16. The molecule has 1 aromatic heterocycles. The smallest absolute Gasteiger partial charge is 0.257 e. The van der Waals surface area contributed by atoms with Gasteiger partial charge in [-0.05, 0) is 24.3 Å². The molecule has 3 rings (SSSR count). The van der Waals surface area contributed by atoms with E-state index in [-0.39, 0.29) is 22.5 Å². The summed E-state index contributed by atoms with van der Waals surface area (Å²) < 4.78 is 19.8. The number of nitrogens with zero attached hydrogens (tertiary/aromatic N) is 2. The first-order chi connectivity index (χ1) is 11.7. The van der Waals surface area contributed by atoms with Crippen molar-refractivity contribution in [3.05, 3.63) is 59.1 Å². The Morgan fingerprint density at radius 1 is 1.42 bits per heavy atom. The lowest BCUT2D eigenvalue weighted by Gasteiger charge is -2.36. The summed E-state index contributed by atoms with van der Waals surface area (Å²) in [5.74, 6) is -0.435. The van der Waals surface area contributed by atoms with Crippen LogP contribution in [0.5, 0.6) is 5.75 Å². The molecule has 24 heavy (non-hydrogen) atoms. The predicted molar refractivity (Wildman–Crippen MR) is 88.8 cm³/mol. The molecule has 0 saturated carbocycles. The highest BCUT2D eigenvalue weighted by molar-refractivity contribution is 6.31. The molecule has 1 aliphatic rings. The molecule has 1 aliphatic heterocycles. The molecule has 1 aromatic carbocycles. The molecule has 1 atom stereocenters. The molecule has 1 N–H and O–H groups in total. The van der Waals surface area contributed by atoms with Gasteiger partial charge in [0, 0.05) is 25.8 Å². The summed E-state index contributed by atoms with van der Waals surface area (Å²) in [4.78, 5) is 18.3. The summed E-state index contributed by atoms with van der Waals surface area (Å²) in [7, 11) is 0. The van der Waals surface area contributed by atoms with Crippen molar-refractivity contribution in [2.45, 2.75) is 6.04 Å². The van der Waals surface area contributed by atoms with Gasteiger partial charge in [-0.25, -0.2) is 4.39 Å². The molecule has 1 amide bonds. The molecule has 2 heterocycles. The van der Waals surface area contributed by atoms with E-state index >= 15 is 0 Å². The van der Waals surface area contributed by atoms with E-state index < -0.39 is 5.82 Å². The van der Waals surface area contributed by atoms with Crippen molar-refractivity contribution < 1.29 is 13.9 Å². The molecule has 7 heteroatoms. The number of rotatable bonds is 4. The largest absolute Gasteiger partial charge is 0.490 e. The third-order valence-electron chi connectivity index (χ3n) is 3.87. The third kappa shape index (κ3) is 3.66. The monoisotopic (exact) mass is 349 g/mol. The molecule has 0 radical (unpaired) electrons. The summed E-state index contributed by atoms with van der Waals surface area (Å²) >= 11 is 5.78. The highest BCUT2D eigenvalue weighted by atomic mass is 35.5. The minimum absolute atomic E-state index is 0.0178. The van der Waals surface area contributed by atoms with E-state index in [0.717, 1.165) is 0 Å². The van der Waals surface area contributed by atoms with Crippen LogP contribution in [0.3, 0.4) is 0 Å². The van der Waals surface area contributed by atoms with Gasteiger partial charge in [-0.2, -0.15) is 0 Å². The highest BCUT2D eigenvalue weighted by Crippen LogP contribution is 2.21. The van der Waals surface area contributed by atoms with Gasteiger partial charge < -0.3 is 15.0 Å². The van der Waals surface area contributed by atoms with Gasteiger partial charge in [0.25, 0.3) is 5.91 Å². The second-order valence-corrected chi connectivity index (χ2v) is 5.86. The van der Waals surface area contributed by atoms with Crippen molar-refractivity contribution in [3.63, 3.8) is 0 Å². The average Bonchev–Trinajstić information content (AvgIpc) is 2.63. The van der Waals surface area contributed by atoms with Crippen LogP contribution in [0.4, 0.5) is 4.39 Å². The second-order valence-electron chi connectivity index (χ2n) is 5.46. The van der Waals surface area contributed by atoms with Gasteiger partial charge in [-0.3, -0.25) is 9.78 Å². The molecule has 2 aromatic rings. The molecule has 0 spiro atoms. The maximum absolute atomic E-state index is 14.2. The van der Waals surface area contributed by atoms with Gasteiger partial charge in [0.15, 0.2) is 5.82 Å². The summed E-state index contributed by atoms with van der Waals surface area (Å²) in [5, 5.41) is 3.17. The Balaban J connectivity index is 1.74. The maximum atomic E-state index is 14.2. The molecule has 0 bridgehead atoms. The van der Waals surface area contributed by atoms with Crippen LogP contribution < -0.4 is 10.1 Å². The summed E-state index contributed by atoms with van der Waals surface area (Å²) in [6, 6.07) is 7.82. The lowest BCUT2D eigenvalue weighted by molar-refractivity contribution is 0.0554. The molecule has 126 valence electrons. The Bertz CT molecular complexity index is 714. The summed E-state index contributed by atoms with van der Waals surface area (Å²) in [6.45, 7) is 2.00. The minimum atomic E-state index is -0.686. The van der Waals surface area contributed by atoms with Crippen molar-refractivity contribution in [2.24, 2.45) is 0 Å². The van der Waals surface area contributed by atoms with Crippen LogP contribution in [0.25, 0.3) is 0 Å². The van der Waals surface area contributed by atoms with Crippen LogP contribution in [-0.4, -0.2) is 48.1 Å². The zero-order valence-corrected chi connectivity index (χ0v) is 13.7. The van der Waals surface area contributed by atoms with Crippen molar-refractivity contribution in [2.75, 3.05) is 26.2 Å². The van der Waals surface area contributed by atoms with Crippen molar-refractivity contribution in [1.82, 2.24) is 15.2 Å². The quantitative estimate of drug-likeness (QED) is 0.920. The van der Waals surface area contributed by atoms with E-state index in [1.54, 1.807) is 35.5 Å². The van der Waals surface area contributed by atoms with Crippen molar-refractivity contribution in [1.29, 1.82) is 0 Å². The minimum Gasteiger partial charge on any atom is -0.490 e. The second kappa shape index (κ2) is 7.59. The fraction of sp³-hybridized carbons (Fsp3) is 0.294. The fourth-order valence-electron chi connectivity index (χ4n) is 2.63. The van der Waals surface area contributed by atoms with Gasteiger partial charge in [-0.15, -0.1) is 0 Å². The number of hydrogen-bond acceptors (Lipinski definition) is 4. The molecule has 0 aliphatic carbocycles. The number of carbonyl (C=O) groups excluding carboxylic acids is 1. The Hall–Kier alpha value is -2.18.